The molecule has 1 aliphatic carbocycles. The third kappa shape index (κ3) is 4.52. The molecule has 1 fully saturated rings. The van der Waals surface area contributed by atoms with Gasteiger partial charge in [0.25, 0.3) is 15.9 Å². The standard InChI is InChI=1S/C20H24N2O5S/c1-22(26-2)28(24,25)17-11-7-8-15(14-17)20(23)21-18-12-5-6-13-19(18)27-16-9-3-4-10-16/h5-8,11-14,16H,3-4,9-10H2,1-2H3,(H,21,23). The smallest absolute Gasteiger partial charge is 0.264 e. The van der Waals surface area contributed by atoms with Crippen LogP contribution in [0.3, 0.4) is 0 Å². The number of nitrogens with one attached hydrogen (secondary N) is 1. The number of carbonyl (C=O) groups is 1. The normalized spacial score (nSPS) is 15.0. The monoisotopic (exact) mass is 404 g/mol. The summed E-state index contributed by atoms with van der Waals surface area (Å²) in [4.78, 5) is 17.5. The number of nitrogens with zero attached hydrogens (tertiary/aromatic N) is 1. The molecule has 8 heteroatoms. The Morgan fingerprint density at radius 1 is 1.11 bits per heavy atom. The molecule has 1 saturated carbocycles. The van der Waals surface area contributed by atoms with Crippen LogP contribution in [0.25, 0.3) is 0 Å². The lowest BCUT2D eigenvalue weighted by molar-refractivity contribution is -0.0258. The van der Waals surface area contributed by atoms with Crippen LogP contribution in [0.2, 0.25) is 0 Å². The fraction of sp³-hybridized carbons (Fsp3) is 0.350. The van der Waals surface area contributed by atoms with Crippen LogP contribution in [-0.2, 0) is 14.9 Å². The van der Waals surface area contributed by atoms with Gasteiger partial charge in [-0.3, -0.25) is 9.63 Å². The van der Waals surface area contributed by atoms with Crippen molar-refractivity contribution in [3.05, 3.63) is 54.1 Å². The van der Waals surface area contributed by atoms with Crippen LogP contribution < -0.4 is 10.1 Å². The lowest BCUT2D eigenvalue weighted by atomic mass is 10.2. The minimum atomic E-state index is -3.84. The Hall–Kier alpha value is -2.42. The fourth-order valence-corrected chi connectivity index (χ4v) is 4.12. The molecule has 0 aliphatic heterocycles. The average molecular weight is 404 g/mol. The number of para-hydroxylation sites is 2. The molecule has 28 heavy (non-hydrogen) atoms. The number of benzene rings is 2. The van der Waals surface area contributed by atoms with Crippen molar-refractivity contribution in [1.29, 1.82) is 0 Å². The van der Waals surface area contributed by atoms with E-state index >= 15 is 0 Å². The summed E-state index contributed by atoms with van der Waals surface area (Å²) in [6, 6.07) is 13.1. The maximum atomic E-state index is 12.7. The second-order valence-corrected chi connectivity index (χ2v) is 8.54. The number of ether oxygens (including phenoxy) is 1. The minimum Gasteiger partial charge on any atom is -0.488 e. The molecule has 2 aromatic carbocycles. The van der Waals surface area contributed by atoms with Gasteiger partial charge in [0.1, 0.15) is 5.75 Å². The van der Waals surface area contributed by atoms with Gasteiger partial charge in [0.15, 0.2) is 0 Å². The molecule has 2 aromatic rings. The highest BCUT2D eigenvalue weighted by molar-refractivity contribution is 7.89. The van der Waals surface area contributed by atoms with Crippen LogP contribution in [0.1, 0.15) is 36.0 Å². The Balaban J connectivity index is 1.80. The van der Waals surface area contributed by atoms with Crippen molar-refractivity contribution >= 4 is 21.6 Å². The minimum absolute atomic E-state index is 0.0278. The van der Waals surface area contributed by atoms with Crippen molar-refractivity contribution in [3.63, 3.8) is 0 Å². The quantitative estimate of drug-likeness (QED) is 0.715. The number of hydroxylamine groups is 1. The fourth-order valence-electron chi connectivity index (χ4n) is 3.10. The zero-order chi connectivity index (χ0) is 20.1. The van der Waals surface area contributed by atoms with Crippen molar-refractivity contribution in [2.24, 2.45) is 0 Å². The van der Waals surface area contributed by atoms with Crippen LogP contribution in [0.4, 0.5) is 5.69 Å². The van der Waals surface area contributed by atoms with Gasteiger partial charge in [0.2, 0.25) is 0 Å². The first-order valence-corrected chi connectivity index (χ1v) is 10.6. The molecule has 0 unspecified atom stereocenters. The van der Waals surface area contributed by atoms with Crippen molar-refractivity contribution < 1.29 is 22.8 Å². The first-order chi connectivity index (χ1) is 13.4. The van der Waals surface area contributed by atoms with Crippen LogP contribution in [0.5, 0.6) is 5.75 Å². The third-order valence-corrected chi connectivity index (χ3v) is 6.40. The number of carbonyl (C=O) groups excluding carboxylic acids is 1. The topological polar surface area (TPSA) is 84.9 Å². The molecule has 1 amide bonds. The SMILES string of the molecule is CON(C)S(=O)(=O)c1cccc(C(=O)Nc2ccccc2OC2CCCC2)c1. The van der Waals surface area contributed by atoms with E-state index in [4.69, 9.17) is 9.57 Å². The molecule has 0 aromatic heterocycles. The van der Waals surface area contributed by atoms with Crippen LogP contribution in [0, 0.1) is 0 Å². The maximum absolute atomic E-state index is 12.7. The summed E-state index contributed by atoms with van der Waals surface area (Å²) < 4.78 is 31.6. The summed E-state index contributed by atoms with van der Waals surface area (Å²) in [6.45, 7) is 0. The van der Waals surface area contributed by atoms with Gasteiger partial charge in [-0.1, -0.05) is 22.7 Å². The molecule has 0 spiro atoms. The van der Waals surface area contributed by atoms with Crippen molar-refractivity contribution in [2.75, 3.05) is 19.5 Å². The zero-order valence-electron chi connectivity index (χ0n) is 15.9. The van der Waals surface area contributed by atoms with E-state index in [1.165, 1.54) is 32.4 Å². The van der Waals surface area contributed by atoms with Gasteiger partial charge in [-0.15, -0.1) is 0 Å². The highest BCUT2D eigenvalue weighted by atomic mass is 32.2. The molecule has 1 N–H and O–H groups in total. The molecule has 0 bridgehead atoms. The van der Waals surface area contributed by atoms with Crippen LogP contribution in [-0.4, -0.2) is 39.1 Å². The van der Waals surface area contributed by atoms with Gasteiger partial charge in [-0.2, -0.15) is 0 Å². The number of amides is 1. The van der Waals surface area contributed by atoms with Gasteiger partial charge < -0.3 is 10.1 Å². The van der Waals surface area contributed by atoms with Crippen LogP contribution in [0.15, 0.2) is 53.4 Å². The van der Waals surface area contributed by atoms with Crippen molar-refractivity contribution in [1.82, 2.24) is 4.47 Å². The Morgan fingerprint density at radius 2 is 1.82 bits per heavy atom. The summed E-state index contributed by atoms with van der Waals surface area (Å²) in [5.74, 6) is 0.199. The second-order valence-electron chi connectivity index (χ2n) is 6.60. The maximum Gasteiger partial charge on any atom is 0.264 e. The van der Waals surface area contributed by atoms with Gasteiger partial charge in [-0.05, 0) is 56.0 Å². The molecule has 0 atom stereocenters. The molecule has 1 aliphatic rings. The van der Waals surface area contributed by atoms with Gasteiger partial charge in [0, 0.05) is 12.6 Å². The second kappa shape index (κ2) is 8.72. The predicted octanol–water partition coefficient (Wildman–Crippen LogP) is 3.44. The Kier molecular flexibility index (Phi) is 6.33. The lowest BCUT2D eigenvalue weighted by Gasteiger charge is -2.17. The highest BCUT2D eigenvalue weighted by Crippen LogP contribution is 2.30. The van der Waals surface area contributed by atoms with E-state index in [0.29, 0.717) is 11.4 Å². The third-order valence-electron chi connectivity index (χ3n) is 4.72. The number of hydrogen-bond donors (Lipinski definition) is 1. The van der Waals surface area contributed by atoms with E-state index in [2.05, 4.69) is 5.32 Å². The number of sulfonamides is 1. The summed E-state index contributed by atoms with van der Waals surface area (Å²) in [7, 11) is -1.29. The van der Waals surface area contributed by atoms with Crippen molar-refractivity contribution in [3.8, 4) is 5.75 Å². The molecular weight excluding hydrogens is 380 g/mol. The summed E-state index contributed by atoms with van der Waals surface area (Å²) in [5.41, 5.74) is 0.780. The molecule has 3 rings (SSSR count). The van der Waals surface area contributed by atoms with Gasteiger partial charge in [-0.25, -0.2) is 8.42 Å². The zero-order valence-corrected chi connectivity index (χ0v) is 16.7. The molecule has 0 heterocycles. The Bertz CT molecular complexity index is 939. The molecular formula is C20H24N2O5S. The van der Waals surface area contributed by atoms with Crippen LogP contribution >= 0.6 is 0 Å². The first kappa shape index (κ1) is 20.3. The molecule has 0 radical (unpaired) electrons. The molecule has 7 nitrogen and oxygen atoms in total. The number of hydrogen-bond acceptors (Lipinski definition) is 5. The summed E-state index contributed by atoms with van der Waals surface area (Å²) in [6.07, 6.45) is 4.48. The largest absolute Gasteiger partial charge is 0.488 e. The van der Waals surface area contributed by atoms with E-state index in [-0.39, 0.29) is 16.6 Å². The summed E-state index contributed by atoms with van der Waals surface area (Å²) in [5, 5.41) is 2.82. The van der Waals surface area contributed by atoms with Gasteiger partial charge in [0.05, 0.1) is 23.8 Å². The van der Waals surface area contributed by atoms with Crippen molar-refractivity contribution in [2.45, 2.75) is 36.7 Å². The highest BCUT2D eigenvalue weighted by Gasteiger charge is 2.22. The Labute approximate surface area is 165 Å². The molecule has 150 valence electrons. The predicted molar refractivity (Wildman–Crippen MR) is 106 cm³/mol. The molecule has 0 saturated heterocycles. The van der Waals surface area contributed by atoms with E-state index < -0.39 is 15.9 Å². The van der Waals surface area contributed by atoms with E-state index in [9.17, 15) is 13.2 Å². The lowest BCUT2D eigenvalue weighted by Crippen LogP contribution is -2.26. The van der Waals surface area contributed by atoms with E-state index in [1.807, 2.05) is 18.2 Å². The Morgan fingerprint density at radius 3 is 2.54 bits per heavy atom. The average Bonchev–Trinajstić information content (AvgIpc) is 3.22. The first-order valence-electron chi connectivity index (χ1n) is 9.12. The van der Waals surface area contributed by atoms with Gasteiger partial charge >= 0.3 is 0 Å². The summed E-state index contributed by atoms with van der Waals surface area (Å²) >= 11 is 0. The number of rotatable bonds is 7. The number of anilines is 1. The van der Waals surface area contributed by atoms with E-state index in [0.717, 1.165) is 30.2 Å². The van der Waals surface area contributed by atoms with E-state index in [1.54, 1.807) is 12.1 Å².